The van der Waals surface area contributed by atoms with Gasteiger partial charge in [0.05, 0.1) is 25.2 Å². The van der Waals surface area contributed by atoms with Gasteiger partial charge >= 0.3 is 6.03 Å². The molecule has 0 spiro atoms. The molecule has 2 atom stereocenters. The van der Waals surface area contributed by atoms with Gasteiger partial charge in [-0.2, -0.15) is 0 Å². The molecule has 2 fully saturated rings. The third-order valence-electron chi connectivity index (χ3n) is 6.07. The highest BCUT2D eigenvalue weighted by atomic mass is 16.5. The molecule has 3 heterocycles. The van der Waals surface area contributed by atoms with Gasteiger partial charge in [0, 0.05) is 32.6 Å². The fourth-order valence-electron chi connectivity index (χ4n) is 4.34. The van der Waals surface area contributed by atoms with Gasteiger partial charge in [0.25, 0.3) is 0 Å². The van der Waals surface area contributed by atoms with Crippen molar-refractivity contribution in [1.82, 2.24) is 15.1 Å². The van der Waals surface area contributed by atoms with Gasteiger partial charge in [-0.3, -0.25) is 4.79 Å². The first kappa shape index (κ1) is 19.9. The lowest BCUT2D eigenvalue weighted by Gasteiger charge is -2.35. The van der Waals surface area contributed by atoms with Crippen molar-refractivity contribution in [2.75, 3.05) is 39.4 Å². The van der Waals surface area contributed by atoms with Gasteiger partial charge in [0.1, 0.15) is 0 Å². The van der Waals surface area contributed by atoms with Crippen LogP contribution in [0.4, 0.5) is 4.79 Å². The van der Waals surface area contributed by atoms with E-state index in [-0.39, 0.29) is 23.9 Å². The zero-order valence-corrected chi connectivity index (χ0v) is 17.2. The molecule has 4 rings (SSSR count). The molecule has 3 aliphatic heterocycles. The average Bonchev–Trinajstić information content (AvgIpc) is 3.18. The molecule has 1 aromatic rings. The standard InChI is InChI=1S/C22H31N3O4/c1-16(17-7-8-19-20(14-17)29-13-5-12-28-19)23-21(26)18-6-4-11-25(15-18)22(27)24-9-2-3-10-24/h7-8,14,16,18H,2-6,9-13,15H2,1H3,(H,23,26)/t16-,18+/m1/s1. The molecule has 0 saturated carbocycles. The van der Waals surface area contributed by atoms with Gasteiger partial charge in [-0.25, -0.2) is 4.79 Å². The lowest BCUT2D eigenvalue weighted by Crippen LogP contribution is -2.49. The van der Waals surface area contributed by atoms with E-state index in [9.17, 15) is 9.59 Å². The number of fused-ring (bicyclic) bond motifs is 1. The lowest BCUT2D eigenvalue weighted by atomic mass is 9.96. The van der Waals surface area contributed by atoms with Crippen molar-refractivity contribution in [3.8, 4) is 11.5 Å². The molecule has 0 unspecified atom stereocenters. The number of hydrogen-bond donors (Lipinski definition) is 1. The molecular weight excluding hydrogens is 370 g/mol. The van der Waals surface area contributed by atoms with Gasteiger partial charge in [-0.05, 0) is 50.3 Å². The van der Waals surface area contributed by atoms with Crippen LogP contribution in [-0.2, 0) is 4.79 Å². The third kappa shape index (κ3) is 4.60. The molecule has 1 aromatic carbocycles. The molecule has 1 N–H and O–H groups in total. The fourth-order valence-corrected chi connectivity index (χ4v) is 4.34. The van der Waals surface area contributed by atoms with E-state index < -0.39 is 0 Å². The molecule has 29 heavy (non-hydrogen) atoms. The number of hydrogen-bond acceptors (Lipinski definition) is 4. The summed E-state index contributed by atoms with van der Waals surface area (Å²) in [6.07, 6.45) is 4.72. The SMILES string of the molecule is C[C@@H](NC(=O)[C@H]1CCCN(C(=O)N2CCCC2)C1)c1ccc2c(c1)OCCCO2. The molecular formula is C22H31N3O4. The minimum Gasteiger partial charge on any atom is -0.490 e. The summed E-state index contributed by atoms with van der Waals surface area (Å²) in [6.45, 7) is 6.22. The summed E-state index contributed by atoms with van der Waals surface area (Å²) in [6, 6.07) is 5.80. The normalized spacial score (nSPS) is 22.7. The second-order valence-electron chi connectivity index (χ2n) is 8.25. The van der Waals surface area contributed by atoms with Crippen molar-refractivity contribution in [3.05, 3.63) is 23.8 Å². The molecule has 2 saturated heterocycles. The largest absolute Gasteiger partial charge is 0.490 e. The van der Waals surface area contributed by atoms with Crippen molar-refractivity contribution in [1.29, 1.82) is 0 Å². The van der Waals surface area contributed by atoms with E-state index in [1.807, 2.05) is 34.9 Å². The molecule has 7 heteroatoms. The Bertz CT molecular complexity index is 748. The number of amides is 3. The van der Waals surface area contributed by atoms with Gasteiger partial charge in [0.15, 0.2) is 11.5 Å². The topological polar surface area (TPSA) is 71.1 Å². The number of likely N-dealkylation sites (tertiary alicyclic amines) is 2. The second kappa shape index (κ2) is 8.93. The predicted molar refractivity (Wildman–Crippen MR) is 109 cm³/mol. The Kier molecular flexibility index (Phi) is 6.11. The maximum Gasteiger partial charge on any atom is 0.320 e. The van der Waals surface area contributed by atoms with Crippen molar-refractivity contribution in [2.24, 2.45) is 5.92 Å². The molecule has 158 valence electrons. The van der Waals surface area contributed by atoms with Crippen LogP contribution in [0.1, 0.15) is 50.6 Å². The Hall–Kier alpha value is -2.44. The fraction of sp³-hybridized carbons (Fsp3) is 0.636. The summed E-state index contributed by atoms with van der Waals surface area (Å²) in [4.78, 5) is 29.3. The molecule has 0 bridgehead atoms. The van der Waals surface area contributed by atoms with Crippen LogP contribution in [-0.4, -0.2) is 61.1 Å². The van der Waals surface area contributed by atoms with Gasteiger partial charge in [-0.1, -0.05) is 6.07 Å². The molecule has 0 aromatic heterocycles. The molecule has 3 aliphatic rings. The Labute approximate surface area is 172 Å². The zero-order valence-electron chi connectivity index (χ0n) is 17.2. The number of nitrogens with one attached hydrogen (secondary N) is 1. The van der Waals surface area contributed by atoms with Crippen molar-refractivity contribution < 1.29 is 19.1 Å². The van der Waals surface area contributed by atoms with Crippen LogP contribution < -0.4 is 14.8 Å². The van der Waals surface area contributed by atoms with Crippen molar-refractivity contribution in [2.45, 2.75) is 45.1 Å². The summed E-state index contributed by atoms with van der Waals surface area (Å²) >= 11 is 0. The van der Waals surface area contributed by atoms with Crippen LogP contribution in [0.25, 0.3) is 0 Å². The molecule has 3 amide bonds. The second-order valence-corrected chi connectivity index (χ2v) is 8.25. The average molecular weight is 402 g/mol. The highest BCUT2D eigenvalue weighted by Gasteiger charge is 2.32. The summed E-state index contributed by atoms with van der Waals surface area (Å²) in [5.41, 5.74) is 0.989. The number of ether oxygens (including phenoxy) is 2. The Balaban J connectivity index is 1.35. The minimum atomic E-state index is -0.154. The molecule has 7 nitrogen and oxygen atoms in total. The van der Waals surface area contributed by atoms with Crippen LogP contribution in [0.5, 0.6) is 11.5 Å². The minimum absolute atomic E-state index is 0.0172. The summed E-state index contributed by atoms with van der Waals surface area (Å²) in [7, 11) is 0. The van der Waals surface area contributed by atoms with E-state index in [0.717, 1.165) is 68.8 Å². The number of benzene rings is 1. The van der Waals surface area contributed by atoms with Crippen LogP contribution in [0, 0.1) is 5.92 Å². The monoisotopic (exact) mass is 401 g/mol. The highest BCUT2D eigenvalue weighted by molar-refractivity contribution is 5.81. The van der Waals surface area contributed by atoms with Crippen LogP contribution in [0.15, 0.2) is 18.2 Å². The first-order valence-electron chi connectivity index (χ1n) is 10.9. The Morgan fingerprint density at radius 3 is 2.52 bits per heavy atom. The molecule has 0 aliphatic carbocycles. The third-order valence-corrected chi connectivity index (χ3v) is 6.07. The summed E-state index contributed by atoms with van der Waals surface area (Å²) in [5.74, 6) is 1.36. The van der Waals surface area contributed by atoms with E-state index in [1.54, 1.807) is 0 Å². The van der Waals surface area contributed by atoms with E-state index >= 15 is 0 Å². The van der Waals surface area contributed by atoms with E-state index in [4.69, 9.17) is 9.47 Å². The van der Waals surface area contributed by atoms with E-state index in [1.165, 1.54) is 0 Å². The zero-order chi connectivity index (χ0) is 20.2. The van der Waals surface area contributed by atoms with Crippen LogP contribution >= 0.6 is 0 Å². The van der Waals surface area contributed by atoms with Gasteiger partial charge in [0.2, 0.25) is 5.91 Å². The lowest BCUT2D eigenvalue weighted by molar-refractivity contribution is -0.127. The number of rotatable bonds is 3. The summed E-state index contributed by atoms with van der Waals surface area (Å²) < 4.78 is 11.4. The quantitative estimate of drug-likeness (QED) is 0.845. The number of carbonyl (C=O) groups is 2. The number of piperidine rings is 1. The first-order valence-corrected chi connectivity index (χ1v) is 10.9. The van der Waals surface area contributed by atoms with E-state index in [2.05, 4.69) is 5.32 Å². The first-order chi connectivity index (χ1) is 14.1. The Morgan fingerprint density at radius 1 is 1.00 bits per heavy atom. The van der Waals surface area contributed by atoms with Crippen LogP contribution in [0.2, 0.25) is 0 Å². The maximum absolute atomic E-state index is 12.9. The maximum atomic E-state index is 12.9. The van der Waals surface area contributed by atoms with Crippen LogP contribution in [0.3, 0.4) is 0 Å². The number of urea groups is 1. The van der Waals surface area contributed by atoms with E-state index in [0.29, 0.717) is 19.8 Å². The molecule has 0 radical (unpaired) electrons. The number of carbonyl (C=O) groups excluding carboxylic acids is 2. The number of nitrogens with zero attached hydrogens (tertiary/aromatic N) is 2. The van der Waals surface area contributed by atoms with Crippen molar-refractivity contribution >= 4 is 11.9 Å². The Morgan fingerprint density at radius 2 is 1.72 bits per heavy atom. The summed E-state index contributed by atoms with van der Waals surface area (Å²) in [5, 5.41) is 3.13. The van der Waals surface area contributed by atoms with Gasteiger partial charge in [-0.15, -0.1) is 0 Å². The smallest absolute Gasteiger partial charge is 0.320 e. The van der Waals surface area contributed by atoms with Crippen molar-refractivity contribution in [3.63, 3.8) is 0 Å². The predicted octanol–water partition coefficient (Wildman–Crippen LogP) is 2.95. The van der Waals surface area contributed by atoms with Gasteiger partial charge < -0.3 is 24.6 Å². The highest BCUT2D eigenvalue weighted by Crippen LogP contribution is 2.32.